The highest BCUT2D eigenvalue weighted by atomic mass is 32.3. The molecule has 4 atom stereocenters. The van der Waals surface area contributed by atoms with Gasteiger partial charge in [-0.15, -0.1) is 0 Å². The van der Waals surface area contributed by atoms with Gasteiger partial charge in [-0.25, -0.2) is 5.26 Å². The van der Waals surface area contributed by atoms with Gasteiger partial charge in [-0.3, -0.25) is 0 Å². The van der Waals surface area contributed by atoms with Gasteiger partial charge in [0, 0.05) is 0 Å². The molecule has 94 valence electrons. The molecule has 3 heterocycles. The maximum absolute atomic E-state index is 13.3. The zero-order valence-corrected chi connectivity index (χ0v) is 9.55. The minimum atomic E-state index is -3.82. The average Bonchev–Trinajstić information content (AvgIpc) is 3.17. The largest absolute Gasteiger partial charge is 0.371 e. The molecule has 3 aliphatic heterocycles. The Morgan fingerprint density at radius 3 is 2.06 bits per heavy atom. The predicted octanol–water partition coefficient (Wildman–Crippen LogP) is -0.357. The lowest BCUT2D eigenvalue weighted by molar-refractivity contribution is -0.439. The van der Waals surface area contributed by atoms with E-state index < -0.39 is 25.5 Å². The number of ether oxygens (including phenoxy) is 3. The number of epoxide rings is 3. The van der Waals surface area contributed by atoms with E-state index in [0.717, 1.165) is 0 Å². The van der Waals surface area contributed by atoms with Crippen molar-refractivity contribution in [3.05, 3.63) is 0 Å². The summed E-state index contributed by atoms with van der Waals surface area (Å²) in [6.07, 6.45) is -0.150. The molecular formula is C8H14O7S. The number of hydrogen-bond acceptors (Lipinski definition) is 7. The third kappa shape index (κ3) is 1.32. The summed E-state index contributed by atoms with van der Waals surface area (Å²) in [6.45, 7) is 2.93. The van der Waals surface area contributed by atoms with Crippen LogP contribution in [0.1, 0.15) is 6.92 Å². The minimum absolute atomic E-state index is 0.150. The van der Waals surface area contributed by atoms with Crippen LogP contribution in [-0.2, 0) is 32.9 Å². The number of hydrogen-bond donors (Lipinski definition) is 1. The Kier molecular flexibility index (Phi) is 2.22. The summed E-state index contributed by atoms with van der Waals surface area (Å²) in [6, 6.07) is 0. The summed E-state index contributed by atoms with van der Waals surface area (Å²) in [4.78, 5) is 0. The van der Waals surface area contributed by atoms with Crippen LogP contribution in [0.4, 0.5) is 0 Å². The molecule has 0 saturated carbocycles. The van der Waals surface area contributed by atoms with E-state index in [0.29, 0.717) is 19.8 Å². The van der Waals surface area contributed by atoms with Gasteiger partial charge in [0.15, 0.2) is 10.9 Å². The summed E-state index contributed by atoms with van der Waals surface area (Å²) < 4.78 is 33.4. The van der Waals surface area contributed by atoms with Crippen molar-refractivity contribution in [3.63, 3.8) is 0 Å². The quantitative estimate of drug-likeness (QED) is 0.393. The standard InChI is InChI=1S/C8H14O7S/c1-5(6-2-11-6)16(10,15-14-9,7-3-12-7)8-4-13-8/h5-9H,2-4H2,1H3. The van der Waals surface area contributed by atoms with Crippen LogP contribution in [-0.4, -0.2) is 51.5 Å². The van der Waals surface area contributed by atoms with Crippen molar-refractivity contribution in [2.24, 2.45) is 0 Å². The molecule has 8 heteroatoms. The highest BCUT2D eigenvalue weighted by Gasteiger charge is 2.66. The molecule has 3 aliphatic rings. The fourth-order valence-corrected chi connectivity index (χ4v) is 5.81. The molecule has 3 rings (SSSR count). The van der Waals surface area contributed by atoms with E-state index in [1.807, 2.05) is 0 Å². The first kappa shape index (κ1) is 11.0. The van der Waals surface area contributed by atoms with Crippen molar-refractivity contribution < 1.29 is 33.0 Å². The summed E-state index contributed by atoms with van der Waals surface area (Å²) in [7, 11) is -3.82. The Hall–Kier alpha value is -0.0900. The lowest BCUT2D eigenvalue weighted by Gasteiger charge is -2.46. The molecule has 0 aromatic carbocycles. The molecule has 7 nitrogen and oxygen atoms in total. The molecule has 0 radical (unpaired) electrons. The van der Waals surface area contributed by atoms with Crippen LogP contribution in [0.2, 0.25) is 0 Å². The topological polar surface area (TPSA) is 93.4 Å². The third-order valence-electron chi connectivity index (χ3n) is 3.43. The van der Waals surface area contributed by atoms with E-state index in [1.54, 1.807) is 6.92 Å². The Bertz CT molecular complexity index is 341. The van der Waals surface area contributed by atoms with Crippen molar-refractivity contribution in [3.8, 4) is 0 Å². The van der Waals surface area contributed by atoms with Crippen molar-refractivity contribution in [2.75, 3.05) is 19.8 Å². The van der Waals surface area contributed by atoms with Gasteiger partial charge in [0.1, 0.15) is 6.10 Å². The Morgan fingerprint density at radius 1 is 1.25 bits per heavy atom. The molecule has 0 spiro atoms. The fraction of sp³-hybridized carbons (Fsp3) is 1.00. The summed E-state index contributed by atoms with van der Waals surface area (Å²) in [5.74, 6) is 0. The van der Waals surface area contributed by atoms with Crippen LogP contribution in [0.15, 0.2) is 0 Å². The molecule has 4 unspecified atom stereocenters. The highest BCUT2D eigenvalue weighted by molar-refractivity contribution is 8.17. The lowest BCUT2D eigenvalue weighted by atomic mass is 10.4. The third-order valence-corrected chi connectivity index (χ3v) is 8.17. The van der Waals surface area contributed by atoms with E-state index in [4.69, 9.17) is 23.8 Å². The summed E-state index contributed by atoms with van der Waals surface area (Å²) >= 11 is 0. The van der Waals surface area contributed by atoms with Crippen LogP contribution >= 0.6 is 0 Å². The molecule has 0 bridgehead atoms. The van der Waals surface area contributed by atoms with Crippen LogP contribution in [0.5, 0.6) is 0 Å². The van der Waals surface area contributed by atoms with Crippen molar-refractivity contribution in [1.29, 1.82) is 0 Å². The molecule has 1 N–H and O–H groups in total. The highest BCUT2D eigenvalue weighted by Crippen LogP contribution is 2.54. The molecule has 0 amide bonds. The second-order valence-electron chi connectivity index (χ2n) is 4.30. The fourth-order valence-electron chi connectivity index (χ4n) is 2.10. The Labute approximate surface area is 92.0 Å². The van der Waals surface area contributed by atoms with Gasteiger partial charge in [0.2, 0.25) is 0 Å². The van der Waals surface area contributed by atoms with E-state index >= 15 is 0 Å². The van der Waals surface area contributed by atoms with Crippen LogP contribution in [0.3, 0.4) is 0 Å². The van der Waals surface area contributed by atoms with Gasteiger partial charge in [-0.05, 0) is 12.0 Å². The van der Waals surface area contributed by atoms with E-state index in [2.05, 4.69) is 5.04 Å². The van der Waals surface area contributed by atoms with Crippen LogP contribution in [0, 0.1) is 0 Å². The van der Waals surface area contributed by atoms with Gasteiger partial charge in [-0.1, -0.05) is 13.7 Å². The molecule has 16 heavy (non-hydrogen) atoms. The average molecular weight is 254 g/mol. The molecular weight excluding hydrogens is 240 g/mol. The van der Waals surface area contributed by atoms with Crippen molar-refractivity contribution in [1.82, 2.24) is 0 Å². The SMILES string of the molecule is CC(C1CO1)S(=O)(OOO)(C1CO1)C1CO1. The zero-order chi connectivity index (χ0) is 11.4. The molecule has 3 fully saturated rings. The van der Waals surface area contributed by atoms with Crippen molar-refractivity contribution >= 4 is 9.35 Å². The Morgan fingerprint density at radius 2 is 1.75 bits per heavy atom. The van der Waals surface area contributed by atoms with Gasteiger partial charge in [0.25, 0.3) is 0 Å². The van der Waals surface area contributed by atoms with Crippen LogP contribution in [0.25, 0.3) is 0 Å². The van der Waals surface area contributed by atoms with Gasteiger partial charge < -0.3 is 14.2 Å². The molecule has 0 aromatic rings. The predicted molar refractivity (Wildman–Crippen MR) is 51.6 cm³/mol. The maximum Gasteiger partial charge on any atom is 0.172 e. The minimum Gasteiger partial charge on any atom is -0.371 e. The first-order chi connectivity index (χ1) is 7.61. The van der Waals surface area contributed by atoms with E-state index in [9.17, 15) is 4.21 Å². The smallest absolute Gasteiger partial charge is 0.172 e. The van der Waals surface area contributed by atoms with Crippen molar-refractivity contribution in [2.45, 2.75) is 29.1 Å². The molecule has 0 aromatic heterocycles. The lowest BCUT2D eigenvalue weighted by Crippen LogP contribution is -2.56. The maximum atomic E-state index is 13.3. The summed E-state index contributed by atoms with van der Waals surface area (Å²) in [5, 5.41) is 11.8. The zero-order valence-electron chi connectivity index (χ0n) is 8.74. The number of rotatable bonds is 6. The van der Waals surface area contributed by atoms with Crippen LogP contribution < -0.4 is 0 Å². The Balaban J connectivity index is 1.98. The monoisotopic (exact) mass is 254 g/mol. The van der Waals surface area contributed by atoms with Gasteiger partial charge in [0.05, 0.1) is 25.1 Å². The second-order valence-corrected chi connectivity index (χ2v) is 8.34. The molecule has 0 aliphatic carbocycles. The van der Waals surface area contributed by atoms with E-state index in [-0.39, 0.29) is 6.10 Å². The van der Waals surface area contributed by atoms with E-state index in [1.165, 1.54) is 0 Å². The first-order valence-electron chi connectivity index (χ1n) is 5.10. The van der Waals surface area contributed by atoms with Gasteiger partial charge >= 0.3 is 0 Å². The van der Waals surface area contributed by atoms with Gasteiger partial charge in [-0.2, -0.15) is 4.21 Å². The normalized spacial score (nSPS) is 40.9. The second kappa shape index (κ2) is 3.22. The molecule has 3 saturated heterocycles. The summed E-state index contributed by atoms with van der Waals surface area (Å²) in [5.41, 5.74) is -1.15. The first-order valence-corrected chi connectivity index (χ1v) is 7.18.